The Labute approximate surface area is 118 Å². The SMILES string of the molecule is CC(C)NC(=O)CNC(=O)[C@H](N)Cc1ccc(O)cc1. The van der Waals surface area contributed by atoms with Gasteiger partial charge < -0.3 is 21.5 Å². The Hall–Kier alpha value is -2.08. The molecule has 0 aliphatic heterocycles. The number of nitrogens with one attached hydrogen (secondary N) is 2. The molecule has 0 heterocycles. The molecular weight excluding hydrogens is 258 g/mol. The van der Waals surface area contributed by atoms with Gasteiger partial charge in [-0.05, 0) is 38.0 Å². The second kappa shape index (κ2) is 7.49. The molecule has 0 aliphatic carbocycles. The summed E-state index contributed by atoms with van der Waals surface area (Å²) in [4.78, 5) is 23.1. The number of phenols is 1. The average Bonchev–Trinajstić information content (AvgIpc) is 2.37. The van der Waals surface area contributed by atoms with Crippen molar-refractivity contribution in [3.8, 4) is 5.75 Å². The van der Waals surface area contributed by atoms with Crippen LogP contribution in [-0.2, 0) is 16.0 Å². The lowest BCUT2D eigenvalue weighted by atomic mass is 10.1. The molecule has 0 spiro atoms. The van der Waals surface area contributed by atoms with E-state index in [2.05, 4.69) is 10.6 Å². The molecule has 5 N–H and O–H groups in total. The number of hydrogen-bond donors (Lipinski definition) is 4. The van der Waals surface area contributed by atoms with Crippen molar-refractivity contribution < 1.29 is 14.7 Å². The molecule has 0 bridgehead atoms. The van der Waals surface area contributed by atoms with Gasteiger partial charge in [-0.15, -0.1) is 0 Å². The summed E-state index contributed by atoms with van der Waals surface area (Å²) in [5.74, 6) is -0.459. The van der Waals surface area contributed by atoms with E-state index < -0.39 is 6.04 Å². The van der Waals surface area contributed by atoms with Gasteiger partial charge in [-0.25, -0.2) is 0 Å². The van der Waals surface area contributed by atoms with Crippen LogP contribution in [0.4, 0.5) is 0 Å². The summed E-state index contributed by atoms with van der Waals surface area (Å²) in [7, 11) is 0. The normalized spacial score (nSPS) is 12.0. The smallest absolute Gasteiger partial charge is 0.239 e. The minimum atomic E-state index is -0.730. The average molecular weight is 279 g/mol. The van der Waals surface area contributed by atoms with E-state index in [1.807, 2.05) is 13.8 Å². The molecule has 0 aliphatic rings. The van der Waals surface area contributed by atoms with E-state index in [1.54, 1.807) is 12.1 Å². The molecule has 6 nitrogen and oxygen atoms in total. The number of carbonyl (C=O) groups excluding carboxylic acids is 2. The van der Waals surface area contributed by atoms with Gasteiger partial charge in [0.15, 0.2) is 0 Å². The predicted molar refractivity (Wildman–Crippen MR) is 76.1 cm³/mol. The Balaban J connectivity index is 2.39. The van der Waals surface area contributed by atoms with Gasteiger partial charge in [0.1, 0.15) is 5.75 Å². The number of phenolic OH excluding ortho intramolecular Hbond substituents is 1. The fourth-order valence-corrected chi connectivity index (χ4v) is 1.65. The van der Waals surface area contributed by atoms with Gasteiger partial charge in [-0.3, -0.25) is 9.59 Å². The molecule has 6 heteroatoms. The standard InChI is InChI=1S/C14H21N3O3/c1-9(2)17-13(19)8-16-14(20)12(15)7-10-3-5-11(18)6-4-10/h3-6,9,12,18H,7-8,15H2,1-2H3,(H,16,20)(H,17,19)/t12-/m1/s1. The maximum Gasteiger partial charge on any atom is 0.239 e. The van der Waals surface area contributed by atoms with Crippen LogP contribution in [-0.4, -0.2) is 35.5 Å². The highest BCUT2D eigenvalue weighted by Gasteiger charge is 2.15. The molecule has 2 amide bonds. The second-order valence-electron chi connectivity index (χ2n) is 4.92. The first-order valence-electron chi connectivity index (χ1n) is 6.49. The third-order valence-electron chi connectivity index (χ3n) is 2.60. The van der Waals surface area contributed by atoms with Gasteiger partial charge >= 0.3 is 0 Å². The predicted octanol–water partition coefficient (Wildman–Crippen LogP) is -0.0972. The Morgan fingerprint density at radius 3 is 2.40 bits per heavy atom. The number of benzene rings is 1. The van der Waals surface area contributed by atoms with Crippen molar-refractivity contribution in [2.75, 3.05) is 6.54 Å². The third kappa shape index (κ3) is 5.71. The Morgan fingerprint density at radius 2 is 1.85 bits per heavy atom. The molecule has 0 radical (unpaired) electrons. The van der Waals surface area contributed by atoms with Crippen LogP contribution in [0.2, 0.25) is 0 Å². The number of amides is 2. The lowest BCUT2D eigenvalue weighted by Crippen LogP contribution is -2.46. The van der Waals surface area contributed by atoms with Crippen molar-refractivity contribution in [3.05, 3.63) is 29.8 Å². The quantitative estimate of drug-likeness (QED) is 0.584. The van der Waals surface area contributed by atoms with E-state index in [9.17, 15) is 9.59 Å². The number of carbonyl (C=O) groups is 2. The zero-order chi connectivity index (χ0) is 15.1. The topological polar surface area (TPSA) is 104 Å². The van der Waals surface area contributed by atoms with E-state index in [0.717, 1.165) is 5.56 Å². The van der Waals surface area contributed by atoms with Crippen molar-refractivity contribution in [1.82, 2.24) is 10.6 Å². The third-order valence-corrected chi connectivity index (χ3v) is 2.60. The van der Waals surface area contributed by atoms with Crippen LogP contribution in [0.3, 0.4) is 0 Å². The van der Waals surface area contributed by atoms with E-state index in [1.165, 1.54) is 12.1 Å². The van der Waals surface area contributed by atoms with Crippen LogP contribution < -0.4 is 16.4 Å². The van der Waals surface area contributed by atoms with Crippen LogP contribution in [0.1, 0.15) is 19.4 Å². The Bertz CT molecular complexity index is 457. The summed E-state index contributed by atoms with van der Waals surface area (Å²) in [6.45, 7) is 3.60. The van der Waals surface area contributed by atoms with Crippen LogP contribution in [0.15, 0.2) is 24.3 Å². The Kier molecular flexibility index (Phi) is 5.99. The van der Waals surface area contributed by atoms with Crippen molar-refractivity contribution in [3.63, 3.8) is 0 Å². The first-order valence-corrected chi connectivity index (χ1v) is 6.49. The molecule has 0 saturated carbocycles. The van der Waals surface area contributed by atoms with Gasteiger partial charge in [-0.1, -0.05) is 12.1 Å². The van der Waals surface area contributed by atoms with Crippen LogP contribution in [0.5, 0.6) is 5.75 Å². The van der Waals surface area contributed by atoms with Gasteiger partial charge in [0.25, 0.3) is 0 Å². The zero-order valence-corrected chi connectivity index (χ0v) is 11.7. The monoisotopic (exact) mass is 279 g/mol. The Morgan fingerprint density at radius 1 is 1.25 bits per heavy atom. The summed E-state index contributed by atoms with van der Waals surface area (Å²) in [6.07, 6.45) is 0.345. The minimum Gasteiger partial charge on any atom is -0.508 e. The van der Waals surface area contributed by atoms with Gasteiger partial charge in [0.2, 0.25) is 11.8 Å². The molecule has 20 heavy (non-hydrogen) atoms. The summed E-state index contributed by atoms with van der Waals surface area (Å²) >= 11 is 0. The molecule has 0 fully saturated rings. The molecule has 0 saturated heterocycles. The van der Waals surface area contributed by atoms with Crippen LogP contribution in [0.25, 0.3) is 0 Å². The van der Waals surface area contributed by atoms with Crippen molar-refractivity contribution in [1.29, 1.82) is 0 Å². The lowest BCUT2D eigenvalue weighted by molar-refractivity contribution is -0.127. The highest BCUT2D eigenvalue weighted by molar-refractivity contribution is 5.87. The summed E-state index contributed by atoms with van der Waals surface area (Å²) < 4.78 is 0. The number of nitrogens with two attached hydrogens (primary N) is 1. The minimum absolute atomic E-state index is 0.0325. The lowest BCUT2D eigenvalue weighted by Gasteiger charge is -2.13. The fourth-order valence-electron chi connectivity index (χ4n) is 1.65. The second-order valence-corrected chi connectivity index (χ2v) is 4.92. The molecule has 1 aromatic carbocycles. The maximum atomic E-state index is 11.7. The zero-order valence-electron chi connectivity index (χ0n) is 11.7. The summed E-state index contributed by atoms with van der Waals surface area (Å²) in [5.41, 5.74) is 6.61. The van der Waals surface area contributed by atoms with Crippen molar-refractivity contribution >= 4 is 11.8 Å². The van der Waals surface area contributed by atoms with E-state index in [0.29, 0.717) is 6.42 Å². The fraction of sp³-hybridized carbons (Fsp3) is 0.429. The molecule has 110 valence electrons. The van der Waals surface area contributed by atoms with E-state index in [4.69, 9.17) is 10.8 Å². The molecule has 1 aromatic rings. The number of aromatic hydroxyl groups is 1. The van der Waals surface area contributed by atoms with Crippen LogP contribution >= 0.6 is 0 Å². The molecule has 0 unspecified atom stereocenters. The highest BCUT2D eigenvalue weighted by atomic mass is 16.3. The van der Waals surface area contributed by atoms with Crippen molar-refractivity contribution in [2.24, 2.45) is 5.73 Å². The van der Waals surface area contributed by atoms with Gasteiger partial charge in [0.05, 0.1) is 12.6 Å². The molecule has 1 rings (SSSR count). The maximum absolute atomic E-state index is 11.7. The van der Waals surface area contributed by atoms with E-state index >= 15 is 0 Å². The van der Waals surface area contributed by atoms with Crippen molar-refractivity contribution in [2.45, 2.75) is 32.4 Å². The molecule has 1 atom stereocenters. The largest absolute Gasteiger partial charge is 0.508 e. The van der Waals surface area contributed by atoms with Gasteiger partial charge in [-0.2, -0.15) is 0 Å². The summed E-state index contributed by atoms with van der Waals surface area (Å²) in [5, 5.41) is 14.3. The number of rotatable bonds is 6. The highest BCUT2D eigenvalue weighted by Crippen LogP contribution is 2.10. The van der Waals surface area contributed by atoms with Gasteiger partial charge in [0, 0.05) is 6.04 Å². The first kappa shape index (κ1) is 16.0. The van der Waals surface area contributed by atoms with Crippen LogP contribution in [0, 0.1) is 0 Å². The molecular formula is C14H21N3O3. The summed E-state index contributed by atoms with van der Waals surface area (Å²) in [6, 6.07) is 5.78. The number of hydrogen-bond acceptors (Lipinski definition) is 4. The molecule has 0 aromatic heterocycles. The first-order chi connectivity index (χ1) is 9.38. The van der Waals surface area contributed by atoms with E-state index in [-0.39, 0.29) is 30.2 Å².